The van der Waals surface area contributed by atoms with Crippen LogP contribution in [0, 0.1) is 0 Å². The van der Waals surface area contributed by atoms with E-state index in [-0.39, 0.29) is 11.9 Å². The highest BCUT2D eigenvalue weighted by Crippen LogP contribution is 2.21. The summed E-state index contributed by atoms with van der Waals surface area (Å²) in [6.07, 6.45) is 0.133. The molecule has 3 heteroatoms. The van der Waals surface area contributed by atoms with Crippen LogP contribution in [0.1, 0.15) is 25.5 Å². The molecule has 2 atom stereocenters. The van der Waals surface area contributed by atoms with E-state index in [0.29, 0.717) is 0 Å². The van der Waals surface area contributed by atoms with Gasteiger partial charge in [0.25, 0.3) is 0 Å². The molecule has 0 aliphatic rings. The second-order valence-electron chi connectivity index (χ2n) is 3.21. The van der Waals surface area contributed by atoms with E-state index in [1.165, 1.54) is 0 Å². The number of phenols is 1. The number of rotatable bonds is 4. The summed E-state index contributed by atoms with van der Waals surface area (Å²) in [6.45, 7) is 3.53. The highest BCUT2D eigenvalue weighted by atomic mass is 16.5. The van der Waals surface area contributed by atoms with E-state index in [1.807, 2.05) is 13.0 Å². The average molecular weight is 194 g/mol. The highest BCUT2D eigenvalue weighted by Gasteiger charge is 2.09. The Labute approximate surface area is 83.3 Å². The maximum atomic E-state index is 10.4. The first-order valence-electron chi connectivity index (χ1n) is 4.53. The molecule has 0 spiro atoms. The molecule has 0 saturated heterocycles. The molecule has 0 heterocycles. The van der Waals surface area contributed by atoms with Gasteiger partial charge in [0.05, 0.1) is 6.10 Å². The second kappa shape index (κ2) is 4.77. The zero-order valence-corrected chi connectivity index (χ0v) is 8.31. The topological polar surface area (TPSA) is 46.5 Å². The number of ether oxygens (including phenoxy) is 1. The van der Waals surface area contributed by atoms with Gasteiger partial charge >= 0.3 is 0 Å². The molecule has 0 aromatic heterocycles. The number of carbonyl (C=O) groups is 1. The van der Waals surface area contributed by atoms with E-state index < -0.39 is 6.10 Å². The molecule has 0 bridgehead atoms. The molecule has 0 amide bonds. The van der Waals surface area contributed by atoms with Crippen molar-refractivity contribution in [1.29, 1.82) is 0 Å². The van der Waals surface area contributed by atoms with Gasteiger partial charge in [0, 0.05) is 0 Å². The zero-order chi connectivity index (χ0) is 10.6. The number of phenolic OH excluding ortho intramolecular Hbond substituents is 1. The van der Waals surface area contributed by atoms with Crippen molar-refractivity contribution in [3.63, 3.8) is 0 Å². The van der Waals surface area contributed by atoms with Crippen LogP contribution in [0.3, 0.4) is 0 Å². The fourth-order valence-electron chi connectivity index (χ4n) is 1.21. The predicted octanol–water partition coefficient (Wildman–Crippen LogP) is 2.06. The second-order valence-corrected chi connectivity index (χ2v) is 3.21. The Kier molecular flexibility index (Phi) is 3.65. The van der Waals surface area contributed by atoms with Gasteiger partial charge in [-0.1, -0.05) is 12.1 Å². The lowest BCUT2D eigenvalue weighted by Crippen LogP contribution is -2.12. The third kappa shape index (κ3) is 2.85. The third-order valence-corrected chi connectivity index (χ3v) is 1.95. The van der Waals surface area contributed by atoms with Gasteiger partial charge in [-0.3, -0.25) is 0 Å². The fourth-order valence-corrected chi connectivity index (χ4v) is 1.21. The van der Waals surface area contributed by atoms with E-state index >= 15 is 0 Å². The van der Waals surface area contributed by atoms with Gasteiger partial charge < -0.3 is 14.6 Å². The van der Waals surface area contributed by atoms with E-state index in [2.05, 4.69) is 0 Å². The summed E-state index contributed by atoms with van der Waals surface area (Å²) in [6, 6.07) is 6.82. The van der Waals surface area contributed by atoms with Crippen molar-refractivity contribution in [2.24, 2.45) is 0 Å². The van der Waals surface area contributed by atoms with Crippen LogP contribution in [0.4, 0.5) is 0 Å². The molecule has 0 unspecified atom stereocenters. The van der Waals surface area contributed by atoms with Crippen LogP contribution < -0.4 is 0 Å². The Bertz CT molecular complexity index is 309. The lowest BCUT2D eigenvalue weighted by molar-refractivity contribution is -0.120. The van der Waals surface area contributed by atoms with Gasteiger partial charge in [-0.15, -0.1) is 0 Å². The van der Waals surface area contributed by atoms with Gasteiger partial charge in [-0.2, -0.15) is 0 Å². The van der Waals surface area contributed by atoms with Gasteiger partial charge in [0.15, 0.2) is 0 Å². The summed E-state index contributed by atoms with van der Waals surface area (Å²) in [4.78, 5) is 10.4. The minimum Gasteiger partial charge on any atom is -0.508 e. The van der Waals surface area contributed by atoms with Crippen LogP contribution in [-0.4, -0.2) is 17.5 Å². The van der Waals surface area contributed by atoms with E-state index in [4.69, 9.17) is 4.74 Å². The monoisotopic (exact) mass is 194 g/mol. The lowest BCUT2D eigenvalue weighted by Gasteiger charge is -2.15. The van der Waals surface area contributed by atoms with Crippen molar-refractivity contribution in [3.05, 3.63) is 29.8 Å². The van der Waals surface area contributed by atoms with Crippen LogP contribution in [0.5, 0.6) is 5.75 Å². The van der Waals surface area contributed by atoms with Gasteiger partial charge in [0.2, 0.25) is 0 Å². The van der Waals surface area contributed by atoms with E-state index in [0.717, 1.165) is 11.8 Å². The van der Waals surface area contributed by atoms with E-state index in [1.54, 1.807) is 25.1 Å². The van der Waals surface area contributed by atoms with Crippen LogP contribution in [-0.2, 0) is 9.53 Å². The number of aldehydes is 1. The molecular formula is C11H14O3. The Hall–Kier alpha value is -1.35. The quantitative estimate of drug-likeness (QED) is 0.746. The summed E-state index contributed by atoms with van der Waals surface area (Å²) >= 11 is 0. The molecule has 1 aromatic carbocycles. The van der Waals surface area contributed by atoms with Crippen molar-refractivity contribution in [1.82, 2.24) is 0 Å². The molecule has 0 aliphatic carbocycles. The molecular weight excluding hydrogens is 180 g/mol. The number of aromatic hydroxyl groups is 1. The number of carbonyl (C=O) groups excluding carboxylic acids is 1. The van der Waals surface area contributed by atoms with Crippen molar-refractivity contribution in [3.8, 4) is 5.75 Å². The smallest absolute Gasteiger partial charge is 0.148 e. The minimum absolute atomic E-state index is 0.192. The van der Waals surface area contributed by atoms with Gasteiger partial charge in [0.1, 0.15) is 18.1 Å². The first kappa shape index (κ1) is 10.7. The van der Waals surface area contributed by atoms with Crippen LogP contribution >= 0.6 is 0 Å². The number of hydrogen-bond donors (Lipinski definition) is 1. The first-order valence-corrected chi connectivity index (χ1v) is 4.53. The summed E-state index contributed by atoms with van der Waals surface area (Å²) in [5.41, 5.74) is 0.860. The zero-order valence-electron chi connectivity index (χ0n) is 8.31. The molecule has 0 aliphatic heterocycles. The molecule has 1 rings (SSSR count). The Morgan fingerprint density at radius 3 is 2.71 bits per heavy atom. The normalized spacial score (nSPS) is 14.7. The Morgan fingerprint density at radius 1 is 1.43 bits per heavy atom. The van der Waals surface area contributed by atoms with Crippen LogP contribution in [0.25, 0.3) is 0 Å². The molecule has 1 N–H and O–H groups in total. The summed E-state index contributed by atoms with van der Waals surface area (Å²) in [7, 11) is 0. The number of benzene rings is 1. The SMILES string of the molecule is C[C@H](O[C@@H](C)C=O)c1cccc(O)c1. The van der Waals surface area contributed by atoms with E-state index in [9.17, 15) is 9.90 Å². The predicted molar refractivity (Wildman–Crippen MR) is 53.1 cm³/mol. The van der Waals surface area contributed by atoms with Crippen LogP contribution in [0.2, 0.25) is 0 Å². The number of hydrogen-bond acceptors (Lipinski definition) is 3. The van der Waals surface area contributed by atoms with Crippen molar-refractivity contribution in [2.45, 2.75) is 26.1 Å². The fraction of sp³-hybridized carbons (Fsp3) is 0.364. The Morgan fingerprint density at radius 2 is 2.14 bits per heavy atom. The minimum atomic E-state index is -0.424. The van der Waals surface area contributed by atoms with Gasteiger partial charge in [-0.05, 0) is 31.5 Å². The van der Waals surface area contributed by atoms with Crippen molar-refractivity contribution >= 4 is 6.29 Å². The average Bonchev–Trinajstić information content (AvgIpc) is 2.17. The highest BCUT2D eigenvalue weighted by molar-refractivity contribution is 5.55. The molecule has 0 fully saturated rings. The van der Waals surface area contributed by atoms with Gasteiger partial charge in [-0.25, -0.2) is 0 Å². The first-order chi connectivity index (χ1) is 6.63. The third-order valence-electron chi connectivity index (χ3n) is 1.95. The molecule has 0 radical (unpaired) electrons. The maximum absolute atomic E-state index is 10.4. The van der Waals surface area contributed by atoms with Crippen LogP contribution in [0.15, 0.2) is 24.3 Å². The van der Waals surface area contributed by atoms with Crippen molar-refractivity contribution in [2.75, 3.05) is 0 Å². The molecule has 76 valence electrons. The molecule has 3 nitrogen and oxygen atoms in total. The largest absolute Gasteiger partial charge is 0.508 e. The maximum Gasteiger partial charge on any atom is 0.148 e. The summed E-state index contributed by atoms with van der Waals surface area (Å²) < 4.78 is 5.36. The standard InChI is InChI=1S/C11H14O3/c1-8(7-12)14-9(2)10-4-3-5-11(13)6-10/h3-9,13H,1-2H3/t8-,9-/m0/s1. The Balaban J connectivity index is 2.69. The summed E-state index contributed by atoms with van der Waals surface area (Å²) in [5.74, 6) is 0.205. The summed E-state index contributed by atoms with van der Waals surface area (Å²) in [5, 5.41) is 9.23. The molecule has 14 heavy (non-hydrogen) atoms. The van der Waals surface area contributed by atoms with Crippen molar-refractivity contribution < 1.29 is 14.6 Å². The molecule has 0 saturated carbocycles. The molecule has 1 aromatic rings. The lowest BCUT2D eigenvalue weighted by atomic mass is 10.1.